The molecule has 1 aliphatic rings. The van der Waals surface area contributed by atoms with E-state index in [2.05, 4.69) is 12.2 Å². The molecule has 0 aromatic heterocycles. The van der Waals surface area contributed by atoms with Crippen LogP contribution in [0.15, 0.2) is 0 Å². The minimum atomic E-state index is -0.0762. The molecule has 0 unspecified atom stereocenters. The molecule has 0 atom stereocenters. The van der Waals surface area contributed by atoms with Gasteiger partial charge in [-0.3, -0.25) is 0 Å². The SMILES string of the molecule is CC1CCC(CNC(=O)N(C)CCO)CC1. The molecular weight excluding hydrogens is 204 g/mol. The number of aliphatic hydroxyl groups excluding tert-OH is 1. The standard InChI is InChI=1S/C12H24N2O2/c1-10-3-5-11(6-4-10)9-13-12(16)14(2)7-8-15/h10-11,15H,3-9H2,1-2H3,(H,13,16). The highest BCUT2D eigenvalue weighted by molar-refractivity contribution is 5.73. The first-order chi connectivity index (χ1) is 7.63. The number of nitrogens with zero attached hydrogens (tertiary/aromatic N) is 1. The zero-order chi connectivity index (χ0) is 12.0. The van der Waals surface area contributed by atoms with Gasteiger partial charge in [-0.2, -0.15) is 0 Å². The van der Waals surface area contributed by atoms with Gasteiger partial charge in [0.2, 0.25) is 0 Å². The van der Waals surface area contributed by atoms with E-state index in [0.29, 0.717) is 12.5 Å². The van der Waals surface area contributed by atoms with Crippen LogP contribution in [0.5, 0.6) is 0 Å². The van der Waals surface area contributed by atoms with Crippen molar-refractivity contribution >= 4 is 6.03 Å². The zero-order valence-corrected chi connectivity index (χ0v) is 10.4. The smallest absolute Gasteiger partial charge is 0.317 e. The second-order valence-corrected chi connectivity index (χ2v) is 4.96. The fourth-order valence-electron chi connectivity index (χ4n) is 2.15. The number of amides is 2. The van der Waals surface area contributed by atoms with Crippen molar-refractivity contribution in [3.63, 3.8) is 0 Å². The topological polar surface area (TPSA) is 52.6 Å². The van der Waals surface area contributed by atoms with E-state index in [1.54, 1.807) is 7.05 Å². The molecule has 1 aliphatic carbocycles. The Morgan fingerprint density at radius 2 is 2.00 bits per heavy atom. The molecule has 0 radical (unpaired) electrons. The lowest BCUT2D eigenvalue weighted by Gasteiger charge is -2.27. The summed E-state index contributed by atoms with van der Waals surface area (Å²) in [4.78, 5) is 13.1. The predicted molar refractivity (Wildman–Crippen MR) is 64.2 cm³/mol. The summed E-state index contributed by atoms with van der Waals surface area (Å²) in [5, 5.41) is 11.6. The van der Waals surface area contributed by atoms with Crippen LogP contribution in [-0.4, -0.2) is 42.8 Å². The van der Waals surface area contributed by atoms with Crippen molar-refractivity contribution in [1.29, 1.82) is 0 Å². The Balaban J connectivity index is 2.16. The predicted octanol–water partition coefficient (Wildman–Crippen LogP) is 1.45. The van der Waals surface area contributed by atoms with E-state index in [1.165, 1.54) is 30.6 Å². The first-order valence-electron chi connectivity index (χ1n) is 6.23. The van der Waals surface area contributed by atoms with E-state index in [-0.39, 0.29) is 12.6 Å². The van der Waals surface area contributed by atoms with Crippen LogP contribution < -0.4 is 5.32 Å². The third kappa shape index (κ3) is 4.39. The van der Waals surface area contributed by atoms with Crippen molar-refractivity contribution in [2.45, 2.75) is 32.6 Å². The molecule has 4 nitrogen and oxygen atoms in total. The first kappa shape index (κ1) is 13.3. The van der Waals surface area contributed by atoms with Crippen LogP contribution in [0.3, 0.4) is 0 Å². The summed E-state index contributed by atoms with van der Waals surface area (Å²) < 4.78 is 0. The normalized spacial score (nSPS) is 25.2. The van der Waals surface area contributed by atoms with Gasteiger partial charge in [0.1, 0.15) is 0 Å². The maximum Gasteiger partial charge on any atom is 0.317 e. The molecule has 1 fully saturated rings. The Morgan fingerprint density at radius 1 is 1.38 bits per heavy atom. The molecular formula is C12H24N2O2. The number of rotatable bonds is 4. The van der Waals surface area contributed by atoms with Gasteiger partial charge in [0.15, 0.2) is 0 Å². The Bertz CT molecular complexity index is 213. The van der Waals surface area contributed by atoms with Crippen LogP contribution in [-0.2, 0) is 0 Å². The van der Waals surface area contributed by atoms with Gasteiger partial charge in [0.25, 0.3) is 0 Å². The summed E-state index contributed by atoms with van der Waals surface area (Å²) in [6.45, 7) is 3.49. The molecule has 0 aromatic rings. The van der Waals surface area contributed by atoms with Gasteiger partial charge in [-0.15, -0.1) is 0 Å². The second-order valence-electron chi connectivity index (χ2n) is 4.96. The number of urea groups is 1. The Labute approximate surface area is 98.0 Å². The highest BCUT2D eigenvalue weighted by Crippen LogP contribution is 2.27. The van der Waals surface area contributed by atoms with Gasteiger partial charge in [0, 0.05) is 20.1 Å². The molecule has 0 aliphatic heterocycles. The fourth-order valence-corrected chi connectivity index (χ4v) is 2.15. The number of carbonyl (C=O) groups is 1. The van der Waals surface area contributed by atoms with Gasteiger partial charge in [-0.25, -0.2) is 4.79 Å². The number of likely N-dealkylation sites (N-methyl/N-ethyl adjacent to an activating group) is 1. The summed E-state index contributed by atoms with van der Waals surface area (Å²) in [7, 11) is 1.70. The average Bonchev–Trinajstić information content (AvgIpc) is 2.28. The average molecular weight is 228 g/mol. The van der Waals surface area contributed by atoms with Crippen molar-refractivity contribution in [3.8, 4) is 0 Å². The molecule has 0 spiro atoms. The van der Waals surface area contributed by atoms with E-state index < -0.39 is 0 Å². The molecule has 0 aromatic carbocycles. The van der Waals surface area contributed by atoms with E-state index in [9.17, 15) is 4.79 Å². The van der Waals surface area contributed by atoms with E-state index in [1.807, 2.05) is 0 Å². The molecule has 0 bridgehead atoms. The third-order valence-electron chi connectivity index (χ3n) is 3.46. The Hall–Kier alpha value is -0.770. The maximum atomic E-state index is 11.5. The van der Waals surface area contributed by atoms with Gasteiger partial charge in [-0.05, 0) is 24.7 Å². The molecule has 1 saturated carbocycles. The summed E-state index contributed by atoms with van der Waals surface area (Å²) >= 11 is 0. The monoisotopic (exact) mass is 228 g/mol. The summed E-state index contributed by atoms with van der Waals surface area (Å²) in [5.74, 6) is 1.49. The third-order valence-corrected chi connectivity index (χ3v) is 3.46. The lowest BCUT2D eigenvalue weighted by Crippen LogP contribution is -2.41. The molecule has 1 rings (SSSR count). The maximum absolute atomic E-state index is 11.5. The number of aliphatic hydroxyl groups is 1. The van der Waals surface area contributed by atoms with Gasteiger partial charge >= 0.3 is 6.03 Å². The van der Waals surface area contributed by atoms with Crippen LogP contribution >= 0.6 is 0 Å². The summed E-state index contributed by atoms with van der Waals surface area (Å²) in [6, 6.07) is -0.0762. The Morgan fingerprint density at radius 3 is 2.56 bits per heavy atom. The second kappa shape index (κ2) is 6.74. The zero-order valence-electron chi connectivity index (χ0n) is 10.4. The van der Waals surface area contributed by atoms with Crippen molar-refractivity contribution < 1.29 is 9.90 Å². The van der Waals surface area contributed by atoms with Crippen molar-refractivity contribution in [1.82, 2.24) is 10.2 Å². The van der Waals surface area contributed by atoms with Crippen LogP contribution in [0, 0.1) is 11.8 Å². The van der Waals surface area contributed by atoms with Crippen molar-refractivity contribution in [3.05, 3.63) is 0 Å². The van der Waals surface area contributed by atoms with Gasteiger partial charge in [-0.1, -0.05) is 19.8 Å². The number of carbonyl (C=O) groups excluding carboxylic acids is 1. The summed E-state index contributed by atoms with van der Waals surface area (Å²) in [6.07, 6.45) is 5.02. The number of hydrogen-bond acceptors (Lipinski definition) is 2. The number of hydrogen-bond donors (Lipinski definition) is 2. The molecule has 16 heavy (non-hydrogen) atoms. The molecule has 2 amide bonds. The molecule has 4 heteroatoms. The lowest BCUT2D eigenvalue weighted by atomic mass is 9.83. The minimum absolute atomic E-state index is 0.0187. The van der Waals surface area contributed by atoms with Crippen molar-refractivity contribution in [2.24, 2.45) is 11.8 Å². The minimum Gasteiger partial charge on any atom is -0.395 e. The highest BCUT2D eigenvalue weighted by Gasteiger charge is 2.19. The van der Waals surface area contributed by atoms with Crippen LogP contribution in [0.4, 0.5) is 4.79 Å². The van der Waals surface area contributed by atoms with E-state index in [4.69, 9.17) is 5.11 Å². The van der Waals surface area contributed by atoms with Crippen LogP contribution in [0.25, 0.3) is 0 Å². The Kier molecular flexibility index (Phi) is 5.60. The molecule has 0 heterocycles. The number of nitrogens with one attached hydrogen (secondary N) is 1. The quantitative estimate of drug-likeness (QED) is 0.765. The molecule has 2 N–H and O–H groups in total. The van der Waals surface area contributed by atoms with Crippen molar-refractivity contribution in [2.75, 3.05) is 26.7 Å². The molecule has 0 saturated heterocycles. The van der Waals surface area contributed by atoms with E-state index >= 15 is 0 Å². The fraction of sp³-hybridized carbons (Fsp3) is 0.917. The summed E-state index contributed by atoms with van der Waals surface area (Å²) in [5.41, 5.74) is 0. The van der Waals surface area contributed by atoms with E-state index in [0.717, 1.165) is 12.5 Å². The van der Waals surface area contributed by atoms with Gasteiger partial charge < -0.3 is 15.3 Å². The van der Waals surface area contributed by atoms with Crippen LogP contribution in [0.1, 0.15) is 32.6 Å². The largest absolute Gasteiger partial charge is 0.395 e. The van der Waals surface area contributed by atoms with Gasteiger partial charge in [0.05, 0.1) is 6.61 Å². The van der Waals surface area contributed by atoms with Crippen LogP contribution in [0.2, 0.25) is 0 Å². The first-order valence-corrected chi connectivity index (χ1v) is 6.23. The highest BCUT2D eigenvalue weighted by atomic mass is 16.3. The lowest BCUT2D eigenvalue weighted by molar-refractivity contribution is 0.186. The molecule has 94 valence electrons.